The Bertz CT molecular complexity index is 3010. The van der Waals surface area contributed by atoms with Crippen LogP contribution in [0.5, 0.6) is 11.5 Å². The molecule has 8 rings (SSSR count). The smallest absolute Gasteiger partial charge is 0.201 e. The summed E-state index contributed by atoms with van der Waals surface area (Å²) in [5.74, 6) is -6.54. The van der Waals surface area contributed by atoms with Crippen LogP contribution >= 0.6 is 0 Å². The Balaban J connectivity index is 0.000000205. The van der Waals surface area contributed by atoms with Gasteiger partial charge in [0.05, 0.1) is 13.2 Å². The molecule has 0 N–H and O–H groups in total. The highest BCUT2D eigenvalue weighted by atomic mass is 19.2. The van der Waals surface area contributed by atoms with Gasteiger partial charge in [-0.05, 0) is 145 Å². The average Bonchev–Trinajstić information content (AvgIpc) is 3.67. The molecule has 0 aliphatic carbocycles. The van der Waals surface area contributed by atoms with Crippen molar-refractivity contribution in [2.24, 2.45) is 0 Å². The van der Waals surface area contributed by atoms with E-state index in [1.54, 1.807) is 50.2 Å². The fourth-order valence-corrected chi connectivity index (χ4v) is 9.73. The first-order valence-electron chi connectivity index (χ1n) is 30.2. The fraction of sp³-hybridized carbons (Fsp3) is 0.351. The summed E-state index contributed by atoms with van der Waals surface area (Å²) >= 11 is 0. The summed E-state index contributed by atoms with van der Waals surface area (Å²) < 4.78 is 122. The summed E-state index contributed by atoms with van der Waals surface area (Å²) in [6, 6.07) is 43.5. The standard InChI is InChI=1S/C20H24F2.C19H22F2O.C18H20F2.C17H18F2O/c1-3-5-6-8-15-9-11-16(12-10-15)18-14-13-17(7-4-2)19(21)20(18)22;1-3-5-6-7-14-8-10-15(11-9-14)16-12-13-17(22-4-2)19(21)18(16)20;1-3-5-13-7-9-14(10-8-13)16-12-11-15(6-4-2)17(19)18(16)20;1-3-5-12-6-8-13(9-7-12)14-10-11-15(20-4-2)17(19)16(14)18/h9-14H,3-8H2,1-2H3;8-13H,3-7H2,1-2H3;7-12H,3-6H2,1-2H3;6-11H,3-5H2,1-2H3. The number of halogens is 8. The first-order valence-corrected chi connectivity index (χ1v) is 30.2. The third-order valence-electron chi connectivity index (χ3n) is 14.3. The first-order chi connectivity index (χ1) is 40.7. The lowest BCUT2D eigenvalue weighted by atomic mass is 9.98. The summed E-state index contributed by atoms with van der Waals surface area (Å²) in [4.78, 5) is 0. The number of hydrogen-bond acceptors (Lipinski definition) is 2. The van der Waals surface area contributed by atoms with Crippen molar-refractivity contribution in [3.8, 4) is 56.0 Å². The summed E-state index contributed by atoms with van der Waals surface area (Å²) in [6.45, 7) is 16.6. The van der Waals surface area contributed by atoms with Gasteiger partial charge in [0, 0.05) is 22.3 Å². The molecule has 8 aromatic carbocycles. The molecule has 0 saturated heterocycles. The predicted molar refractivity (Wildman–Crippen MR) is 332 cm³/mol. The minimum absolute atomic E-state index is 0.0417. The van der Waals surface area contributed by atoms with Gasteiger partial charge in [-0.15, -0.1) is 0 Å². The predicted octanol–water partition coefficient (Wildman–Crippen LogP) is 22.6. The monoisotopic (exact) mass is 1160 g/mol. The van der Waals surface area contributed by atoms with E-state index >= 15 is 0 Å². The van der Waals surface area contributed by atoms with Crippen molar-refractivity contribution >= 4 is 0 Å². The second-order valence-electron chi connectivity index (χ2n) is 20.8. The van der Waals surface area contributed by atoms with Crippen molar-refractivity contribution in [3.05, 3.63) is 226 Å². The number of aryl methyl sites for hydroxylation is 6. The van der Waals surface area contributed by atoms with E-state index in [-0.39, 0.29) is 22.6 Å². The minimum Gasteiger partial charge on any atom is -0.491 e. The van der Waals surface area contributed by atoms with Crippen molar-refractivity contribution in [2.75, 3.05) is 13.2 Å². The molecule has 0 saturated carbocycles. The highest BCUT2D eigenvalue weighted by Crippen LogP contribution is 2.33. The first kappa shape index (κ1) is 67.6. The van der Waals surface area contributed by atoms with Crippen molar-refractivity contribution in [1.29, 1.82) is 0 Å². The van der Waals surface area contributed by atoms with Crippen LogP contribution < -0.4 is 9.47 Å². The molecule has 0 aliphatic rings. The maximum absolute atomic E-state index is 14.2. The Morgan fingerprint density at radius 1 is 0.238 bits per heavy atom. The van der Waals surface area contributed by atoms with E-state index in [1.807, 2.05) is 111 Å². The molecule has 10 heteroatoms. The summed E-state index contributed by atoms with van der Waals surface area (Å²) in [7, 11) is 0. The molecule has 448 valence electrons. The zero-order valence-corrected chi connectivity index (χ0v) is 50.4. The van der Waals surface area contributed by atoms with Gasteiger partial charge in [-0.3, -0.25) is 0 Å². The van der Waals surface area contributed by atoms with Crippen LogP contribution in [0.4, 0.5) is 35.1 Å². The quantitative estimate of drug-likeness (QED) is 0.0443. The van der Waals surface area contributed by atoms with Crippen LogP contribution in [0.1, 0.15) is 153 Å². The van der Waals surface area contributed by atoms with E-state index in [9.17, 15) is 35.1 Å². The fourth-order valence-electron chi connectivity index (χ4n) is 9.73. The minimum atomic E-state index is -0.929. The lowest BCUT2D eigenvalue weighted by Gasteiger charge is -2.10. The van der Waals surface area contributed by atoms with Gasteiger partial charge in [0.1, 0.15) is 0 Å². The molecule has 8 aromatic rings. The topological polar surface area (TPSA) is 18.5 Å². The lowest BCUT2D eigenvalue weighted by Crippen LogP contribution is -1.98. The Labute approximate surface area is 495 Å². The maximum Gasteiger partial charge on any atom is 0.201 e. The lowest BCUT2D eigenvalue weighted by molar-refractivity contribution is 0.314. The van der Waals surface area contributed by atoms with Crippen molar-refractivity contribution < 1.29 is 44.6 Å². The van der Waals surface area contributed by atoms with E-state index in [2.05, 4.69) is 27.7 Å². The third kappa shape index (κ3) is 19.4. The van der Waals surface area contributed by atoms with Crippen LogP contribution in [0.25, 0.3) is 44.5 Å². The number of rotatable bonds is 24. The second kappa shape index (κ2) is 35.8. The van der Waals surface area contributed by atoms with Gasteiger partial charge in [0.15, 0.2) is 46.4 Å². The summed E-state index contributed by atoms with van der Waals surface area (Å²) in [6.07, 6.45) is 16.1. The molecule has 0 aliphatic heterocycles. The van der Waals surface area contributed by atoms with Crippen LogP contribution in [-0.2, 0) is 38.5 Å². The Morgan fingerprint density at radius 2 is 0.500 bits per heavy atom. The number of benzene rings is 8. The number of hydrogen-bond donors (Lipinski definition) is 0. The van der Waals surface area contributed by atoms with Crippen LogP contribution in [0.2, 0.25) is 0 Å². The maximum atomic E-state index is 14.2. The molecule has 0 atom stereocenters. The van der Waals surface area contributed by atoms with Crippen molar-refractivity contribution in [2.45, 2.75) is 158 Å². The molecular formula is C74H84F8O2. The van der Waals surface area contributed by atoms with Crippen LogP contribution in [0.15, 0.2) is 146 Å². The zero-order valence-electron chi connectivity index (χ0n) is 50.4. The van der Waals surface area contributed by atoms with E-state index in [0.29, 0.717) is 59.4 Å². The van der Waals surface area contributed by atoms with E-state index < -0.39 is 46.5 Å². The molecule has 0 aromatic heterocycles. The van der Waals surface area contributed by atoms with E-state index in [0.717, 1.165) is 68.9 Å². The Hall–Kier alpha value is -7.20. The van der Waals surface area contributed by atoms with Crippen LogP contribution in [-0.4, -0.2) is 13.2 Å². The molecule has 0 amide bonds. The molecule has 0 radical (unpaired) electrons. The van der Waals surface area contributed by atoms with E-state index in [1.165, 1.54) is 66.5 Å². The van der Waals surface area contributed by atoms with Gasteiger partial charge < -0.3 is 9.47 Å². The van der Waals surface area contributed by atoms with Gasteiger partial charge in [-0.1, -0.05) is 214 Å². The molecular weight excluding hydrogens is 1070 g/mol. The van der Waals surface area contributed by atoms with Crippen molar-refractivity contribution in [3.63, 3.8) is 0 Å². The molecule has 0 bridgehead atoms. The number of ether oxygens (including phenoxy) is 2. The normalized spacial score (nSPS) is 10.8. The molecule has 2 nitrogen and oxygen atoms in total. The van der Waals surface area contributed by atoms with Gasteiger partial charge in [0.25, 0.3) is 0 Å². The third-order valence-corrected chi connectivity index (χ3v) is 14.3. The SMILES string of the molecule is CCCCCc1ccc(-c2ccc(CCC)c(F)c2F)cc1.CCCCCc1ccc(-c2ccc(OCC)c(F)c2F)cc1.CCCc1ccc(-c2ccc(CCC)c(F)c2F)cc1.CCCc1ccc(-c2ccc(OCC)c(F)c2F)cc1. The second-order valence-corrected chi connectivity index (χ2v) is 20.8. The summed E-state index contributed by atoms with van der Waals surface area (Å²) in [5.41, 5.74) is 9.83. The highest BCUT2D eigenvalue weighted by molar-refractivity contribution is 5.68. The molecule has 0 unspecified atom stereocenters. The Morgan fingerprint density at radius 3 is 0.762 bits per heavy atom. The Kier molecular flexibility index (Phi) is 28.8. The summed E-state index contributed by atoms with van der Waals surface area (Å²) in [5, 5.41) is 0. The van der Waals surface area contributed by atoms with Crippen LogP contribution in [0, 0.1) is 46.5 Å². The van der Waals surface area contributed by atoms with Crippen LogP contribution in [0.3, 0.4) is 0 Å². The van der Waals surface area contributed by atoms with Crippen molar-refractivity contribution in [1.82, 2.24) is 0 Å². The number of unbranched alkanes of at least 4 members (excludes halogenated alkanes) is 4. The average molecular weight is 1160 g/mol. The van der Waals surface area contributed by atoms with Gasteiger partial charge in [0.2, 0.25) is 11.6 Å². The van der Waals surface area contributed by atoms with Gasteiger partial charge in [-0.25, -0.2) is 26.3 Å². The zero-order chi connectivity index (χ0) is 61.0. The molecule has 84 heavy (non-hydrogen) atoms. The molecule has 0 spiro atoms. The highest BCUT2D eigenvalue weighted by Gasteiger charge is 2.19. The van der Waals surface area contributed by atoms with Gasteiger partial charge in [-0.2, -0.15) is 8.78 Å². The van der Waals surface area contributed by atoms with Gasteiger partial charge >= 0.3 is 0 Å². The molecule has 0 fully saturated rings. The largest absolute Gasteiger partial charge is 0.491 e. The molecule has 0 heterocycles. The van der Waals surface area contributed by atoms with E-state index in [4.69, 9.17) is 9.47 Å².